The number of hydrogen-bond donors (Lipinski definition) is 1. The minimum atomic E-state index is -0.240. The van der Waals surface area contributed by atoms with E-state index < -0.39 is 0 Å². The van der Waals surface area contributed by atoms with Crippen molar-refractivity contribution >= 4 is 33.2 Å². The third-order valence-electron chi connectivity index (χ3n) is 2.97. The molecule has 0 saturated carbocycles. The highest BCUT2D eigenvalue weighted by molar-refractivity contribution is 9.10. The molecule has 0 saturated heterocycles. The van der Waals surface area contributed by atoms with Crippen molar-refractivity contribution in [1.82, 2.24) is 14.6 Å². The lowest BCUT2D eigenvalue weighted by Crippen LogP contribution is -2.12. The molecule has 0 unspecified atom stereocenters. The fourth-order valence-electron chi connectivity index (χ4n) is 2.07. The van der Waals surface area contributed by atoms with E-state index in [9.17, 15) is 4.79 Å². The fraction of sp³-hybridized carbons (Fsp3) is 0.0769. The lowest BCUT2D eigenvalue weighted by molar-refractivity contribution is 0.991. The summed E-state index contributed by atoms with van der Waals surface area (Å²) in [6, 6.07) is 9.47. The van der Waals surface area contributed by atoms with Gasteiger partial charge >= 0.3 is 5.69 Å². The summed E-state index contributed by atoms with van der Waals surface area (Å²) < 4.78 is 2.31. The molecule has 4 nitrogen and oxygen atoms in total. The number of nitrogens with zero attached hydrogens (tertiary/aromatic N) is 2. The van der Waals surface area contributed by atoms with Crippen LogP contribution in [0.2, 0.25) is 5.02 Å². The first-order chi connectivity index (χ1) is 9.08. The Morgan fingerprint density at radius 2 is 2.00 bits per heavy atom. The van der Waals surface area contributed by atoms with E-state index in [1.165, 1.54) is 4.40 Å². The van der Waals surface area contributed by atoms with Crippen molar-refractivity contribution in [2.24, 2.45) is 0 Å². The van der Waals surface area contributed by atoms with E-state index in [-0.39, 0.29) is 5.69 Å². The second-order valence-electron chi connectivity index (χ2n) is 4.21. The zero-order chi connectivity index (χ0) is 13.6. The average molecular weight is 339 g/mol. The van der Waals surface area contributed by atoms with Gasteiger partial charge in [-0.25, -0.2) is 14.3 Å². The molecular weight excluding hydrogens is 330 g/mol. The molecule has 0 amide bonds. The Kier molecular flexibility index (Phi) is 2.95. The van der Waals surface area contributed by atoms with Gasteiger partial charge in [0, 0.05) is 16.3 Å². The van der Waals surface area contributed by atoms with Gasteiger partial charge in [-0.3, -0.25) is 0 Å². The molecule has 0 spiro atoms. The number of aromatic amines is 1. The van der Waals surface area contributed by atoms with Crippen molar-refractivity contribution < 1.29 is 0 Å². The van der Waals surface area contributed by atoms with Gasteiger partial charge in [-0.05, 0) is 46.6 Å². The monoisotopic (exact) mass is 337 g/mol. The highest BCUT2D eigenvalue weighted by Crippen LogP contribution is 2.32. The van der Waals surface area contributed by atoms with Crippen molar-refractivity contribution in [3.8, 4) is 11.1 Å². The second kappa shape index (κ2) is 4.51. The van der Waals surface area contributed by atoms with Gasteiger partial charge < -0.3 is 0 Å². The first-order valence-corrected chi connectivity index (χ1v) is 6.77. The summed E-state index contributed by atoms with van der Waals surface area (Å²) >= 11 is 9.40. The van der Waals surface area contributed by atoms with Gasteiger partial charge in [0.25, 0.3) is 0 Å². The maximum Gasteiger partial charge on any atom is 0.347 e. The molecule has 3 aromatic rings. The molecule has 19 heavy (non-hydrogen) atoms. The van der Waals surface area contributed by atoms with E-state index in [2.05, 4.69) is 26.1 Å². The van der Waals surface area contributed by atoms with Gasteiger partial charge in [-0.2, -0.15) is 5.10 Å². The van der Waals surface area contributed by atoms with Crippen LogP contribution in [0.15, 0.2) is 39.6 Å². The van der Waals surface area contributed by atoms with Gasteiger partial charge in [0.1, 0.15) is 0 Å². The number of hydrogen-bond acceptors (Lipinski definition) is 2. The van der Waals surface area contributed by atoms with Crippen LogP contribution in [-0.2, 0) is 0 Å². The molecule has 0 bridgehead atoms. The van der Waals surface area contributed by atoms with Crippen molar-refractivity contribution in [2.75, 3.05) is 0 Å². The molecule has 0 fully saturated rings. The molecule has 1 aromatic carbocycles. The molecule has 6 heteroatoms. The molecule has 0 radical (unpaired) electrons. The lowest BCUT2D eigenvalue weighted by Gasteiger charge is -2.08. The third-order valence-corrected chi connectivity index (χ3v) is 4.00. The first kappa shape index (κ1) is 12.4. The molecule has 2 aromatic heterocycles. The van der Waals surface area contributed by atoms with E-state index in [1.54, 1.807) is 0 Å². The van der Waals surface area contributed by atoms with E-state index in [4.69, 9.17) is 11.6 Å². The number of rotatable bonds is 1. The number of H-pyrrole nitrogens is 1. The number of fused-ring (bicyclic) bond motifs is 1. The van der Waals surface area contributed by atoms with Gasteiger partial charge in [-0.15, -0.1) is 0 Å². The van der Waals surface area contributed by atoms with Crippen LogP contribution >= 0.6 is 27.5 Å². The summed E-state index contributed by atoms with van der Waals surface area (Å²) in [5.41, 5.74) is 3.14. The standard InChI is InChI=1S/C13H9BrClN3O/c1-7-6-10(8-2-4-9(15)5-3-8)11(14)12-16-17-13(19)18(7)12/h2-6H,1H3,(H,17,19). The number of aromatic nitrogens is 3. The third kappa shape index (κ3) is 1.99. The van der Waals surface area contributed by atoms with Crippen LogP contribution in [0.4, 0.5) is 0 Å². The Hall–Kier alpha value is -1.59. The minimum Gasteiger partial charge on any atom is -0.247 e. The van der Waals surface area contributed by atoms with E-state index in [0.717, 1.165) is 21.3 Å². The zero-order valence-electron chi connectivity index (χ0n) is 9.95. The maximum absolute atomic E-state index is 11.7. The quantitative estimate of drug-likeness (QED) is 0.739. The van der Waals surface area contributed by atoms with Gasteiger partial charge in [0.05, 0.1) is 4.47 Å². The number of benzene rings is 1. The summed E-state index contributed by atoms with van der Waals surface area (Å²) in [6.07, 6.45) is 0. The number of aryl methyl sites for hydroxylation is 1. The summed E-state index contributed by atoms with van der Waals surface area (Å²) in [7, 11) is 0. The second-order valence-corrected chi connectivity index (χ2v) is 5.44. The molecule has 3 rings (SSSR count). The summed E-state index contributed by atoms with van der Waals surface area (Å²) in [4.78, 5) is 11.7. The van der Waals surface area contributed by atoms with Crippen molar-refractivity contribution in [2.45, 2.75) is 6.92 Å². The largest absolute Gasteiger partial charge is 0.347 e. The topological polar surface area (TPSA) is 50.2 Å². The molecule has 0 aliphatic rings. The first-order valence-electron chi connectivity index (χ1n) is 5.60. The lowest BCUT2D eigenvalue weighted by atomic mass is 10.1. The predicted octanol–water partition coefficient (Wildman–Crippen LogP) is 3.41. The predicted molar refractivity (Wildman–Crippen MR) is 78.7 cm³/mol. The van der Waals surface area contributed by atoms with Crippen molar-refractivity contribution in [3.63, 3.8) is 0 Å². The van der Waals surface area contributed by atoms with Gasteiger partial charge in [0.2, 0.25) is 0 Å². The van der Waals surface area contributed by atoms with Gasteiger partial charge in [0.15, 0.2) is 5.65 Å². The maximum atomic E-state index is 11.7. The van der Waals surface area contributed by atoms with E-state index >= 15 is 0 Å². The van der Waals surface area contributed by atoms with Gasteiger partial charge in [-0.1, -0.05) is 23.7 Å². The highest BCUT2D eigenvalue weighted by Gasteiger charge is 2.13. The van der Waals surface area contributed by atoms with Crippen LogP contribution in [-0.4, -0.2) is 14.6 Å². The van der Waals surface area contributed by atoms with Crippen LogP contribution in [0.1, 0.15) is 5.69 Å². The molecule has 0 aliphatic carbocycles. The normalized spacial score (nSPS) is 11.1. The molecular formula is C13H9BrClN3O. The molecule has 2 heterocycles. The Bertz CT molecular complexity index is 820. The van der Waals surface area contributed by atoms with Crippen LogP contribution < -0.4 is 5.69 Å². The summed E-state index contributed by atoms with van der Waals surface area (Å²) in [6.45, 7) is 1.87. The molecule has 0 aliphatic heterocycles. The molecule has 1 N–H and O–H groups in total. The minimum absolute atomic E-state index is 0.240. The average Bonchev–Trinajstić information content (AvgIpc) is 2.78. The highest BCUT2D eigenvalue weighted by atomic mass is 79.9. The van der Waals surface area contributed by atoms with Crippen molar-refractivity contribution in [3.05, 3.63) is 56.0 Å². The Labute approximate surface area is 122 Å². The van der Waals surface area contributed by atoms with Crippen LogP contribution in [0, 0.1) is 6.92 Å². The molecule has 96 valence electrons. The number of nitrogens with one attached hydrogen (secondary N) is 1. The number of halogens is 2. The smallest absolute Gasteiger partial charge is 0.247 e. The fourth-order valence-corrected chi connectivity index (χ4v) is 2.80. The Morgan fingerprint density at radius 3 is 2.68 bits per heavy atom. The van der Waals surface area contributed by atoms with E-state index in [1.807, 2.05) is 37.3 Å². The Morgan fingerprint density at radius 1 is 1.32 bits per heavy atom. The zero-order valence-corrected chi connectivity index (χ0v) is 12.3. The summed E-state index contributed by atoms with van der Waals surface area (Å²) in [5, 5.41) is 7.18. The van der Waals surface area contributed by atoms with Crippen molar-refractivity contribution in [1.29, 1.82) is 0 Å². The SMILES string of the molecule is Cc1cc(-c2ccc(Cl)cc2)c(Br)c2n[nH]c(=O)n12. The van der Waals surface area contributed by atoms with Crippen LogP contribution in [0.5, 0.6) is 0 Å². The molecule has 0 atom stereocenters. The van der Waals surface area contributed by atoms with E-state index in [0.29, 0.717) is 10.7 Å². The Balaban J connectivity index is 2.33. The van der Waals surface area contributed by atoms with Crippen LogP contribution in [0.25, 0.3) is 16.8 Å². The summed E-state index contributed by atoms with van der Waals surface area (Å²) in [5.74, 6) is 0. The van der Waals surface area contributed by atoms with Crippen LogP contribution in [0.3, 0.4) is 0 Å². The number of pyridine rings is 1.